The molecule has 2 aliphatic rings. The number of non-ortho nitro benzene ring substituents is 1. The zero-order valence-corrected chi connectivity index (χ0v) is 16.7. The van der Waals surface area contributed by atoms with Crippen LogP contribution in [0, 0.1) is 10.1 Å². The molecule has 9 nitrogen and oxygen atoms in total. The highest BCUT2D eigenvalue weighted by Crippen LogP contribution is 2.42. The molecule has 2 aromatic rings. The SMILES string of the molecule is CCCN1C(=O)C(=O)/C(=C(\O)c2cccc([N+](=O)[O-])c2)C1c1ccc2c(c1)OCCO2. The number of nitro groups is 1. The van der Waals surface area contributed by atoms with E-state index in [1.54, 1.807) is 18.2 Å². The first-order chi connectivity index (χ1) is 14.9. The minimum absolute atomic E-state index is 0.0891. The minimum Gasteiger partial charge on any atom is -0.507 e. The van der Waals surface area contributed by atoms with E-state index < -0.39 is 28.4 Å². The highest BCUT2D eigenvalue weighted by Gasteiger charge is 2.46. The van der Waals surface area contributed by atoms with E-state index in [0.29, 0.717) is 43.2 Å². The van der Waals surface area contributed by atoms with Crippen molar-refractivity contribution < 1.29 is 29.1 Å². The molecule has 2 heterocycles. The second kappa shape index (κ2) is 8.10. The Morgan fingerprint density at radius 1 is 1.16 bits per heavy atom. The second-order valence-electron chi connectivity index (χ2n) is 7.20. The van der Waals surface area contributed by atoms with Gasteiger partial charge in [-0.2, -0.15) is 0 Å². The van der Waals surface area contributed by atoms with E-state index in [9.17, 15) is 24.8 Å². The average Bonchev–Trinajstić information content (AvgIpc) is 3.03. The molecule has 0 spiro atoms. The topological polar surface area (TPSA) is 119 Å². The maximum atomic E-state index is 12.9. The number of Topliss-reactive ketones (excluding diaryl/α,β-unsaturated/α-hetero) is 1. The van der Waals surface area contributed by atoms with Crippen molar-refractivity contribution in [2.24, 2.45) is 0 Å². The highest BCUT2D eigenvalue weighted by molar-refractivity contribution is 6.46. The number of carbonyl (C=O) groups excluding carboxylic acids is 2. The molecule has 160 valence electrons. The summed E-state index contributed by atoms with van der Waals surface area (Å²) < 4.78 is 11.2. The van der Waals surface area contributed by atoms with Crippen molar-refractivity contribution in [1.82, 2.24) is 4.90 Å². The Morgan fingerprint density at radius 2 is 1.90 bits per heavy atom. The maximum Gasteiger partial charge on any atom is 0.295 e. The molecule has 1 unspecified atom stereocenters. The van der Waals surface area contributed by atoms with Gasteiger partial charge in [-0.1, -0.05) is 25.1 Å². The van der Waals surface area contributed by atoms with Gasteiger partial charge in [-0.05, 0) is 24.1 Å². The van der Waals surface area contributed by atoms with Crippen LogP contribution in [0.15, 0.2) is 48.0 Å². The van der Waals surface area contributed by atoms with Crippen molar-refractivity contribution in [3.05, 3.63) is 69.3 Å². The Morgan fingerprint density at radius 3 is 2.61 bits per heavy atom. The number of ketones is 1. The van der Waals surface area contributed by atoms with Crippen molar-refractivity contribution in [3.8, 4) is 11.5 Å². The fourth-order valence-electron chi connectivity index (χ4n) is 3.85. The van der Waals surface area contributed by atoms with Crippen LogP contribution in [0.4, 0.5) is 5.69 Å². The third-order valence-corrected chi connectivity index (χ3v) is 5.22. The molecule has 1 atom stereocenters. The first-order valence-corrected chi connectivity index (χ1v) is 9.85. The fourth-order valence-corrected chi connectivity index (χ4v) is 3.85. The minimum atomic E-state index is -0.852. The monoisotopic (exact) mass is 424 g/mol. The molecule has 0 radical (unpaired) electrons. The van der Waals surface area contributed by atoms with Gasteiger partial charge in [0.1, 0.15) is 19.0 Å². The van der Waals surface area contributed by atoms with Crippen LogP contribution in [-0.4, -0.2) is 46.4 Å². The van der Waals surface area contributed by atoms with E-state index in [-0.39, 0.29) is 16.8 Å². The number of amides is 1. The number of nitro benzene ring substituents is 1. The summed E-state index contributed by atoms with van der Waals surface area (Å²) in [7, 11) is 0. The van der Waals surface area contributed by atoms with E-state index in [1.165, 1.54) is 29.2 Å². The second-order valence-corrected chi connectivity index (χ2v) is 7.20. The summed E-state index contributed by atoms with van der Waals surface area (Å²) in [6.45, 7) is 2.98. The molecular weight excluding hydrogens is 404 g/mol. The van der Waals surface area contributed by atoms with E-state index in [0.717, 1.165) is 0 Å². The standard InChI is InChI=1S/C22H20N2O7/c1-2-8-23-19(13-6-7-16-17(12-13)31-10-9-30-16)18(21(26)22(23)27)20(25)14-4-3-5-15(11-14)24(28)29/h3-7,11-12,19,25H,2,8-10H2,1H3/b20-18-. The Balaban J connectivity index is 1.87. The number of aliphatic hydroxyl groups is 1. The lowest BCUT2D eigenvalue weighted by Gasteiger charge is -2.26. The first-order valence-electron chi connectivity index (χ1n) is 9.85. The quantitative estimate of drug-likeness (QED) is 0.257. The third kappa shape index (κ3) is 3.58. The van der Waals surface area contributed by atoms with Gasteiger partial charge in [0.2, 0.25) is 0 Å². The van der Waals surface area contributed by atoms with Crippen molar-refractivity contribution in [2.45, 2.75) is 19.4 Å². The van der Waals surface area contributed by atoms with Crippen molar-refractivity contribution in [3.63, 3.8) is 0 Å². The van der Waals surface area contributed by atoms with Crippen LogP contribution in [-0.2, 0) is 9.59 Å². The molecule has 4 rings (SSSR count). The van der Waals surface area contributed by atoms with Crippen LogP contribution in [0.25, 0.3) is 5.76 Å². The summed E-state index contributed by atoms with van der Waals surface area (Å²) in [6, 6.07) is 9.57. The summed E-state index contributed by atoms with van der Waals surface area (Å²) in [5.41, 5.74) is 0.313. The lowest BCUT2D eigenvalue weighted by Crippen LogP contribution is -2.30. The molecule has 9 heteroatoms. The third-order valence-electron chi connectivity index (χ3n) is 5.22. The van der Waals surface area contributed by atoms with Crippen molar-refractivity contribution in [1.29, 1.82) is 0 Å². The number of aliphatic hydroxyl groups excluding tert-OH is 1. The molecule has 1 N–H and O–H groups in total. The molecule has 2 aliphatic heterocycles. The summed E-state index contributed by atoms with van der Waals surface area (Å²) in [5.74, 6) is -0.978. The van der Waals surface area contributed by atoms with Gasteiger partial charge in [0.05, 0.1) is 16.5 Å². The number of hydrogen-bond donors (Lipinski definition) is 1. The molecule has 1 saturated heterocycles. The zero-order chi connectivity index (χ0) is 22.1. The first kappa shape index (κ1) is 20.4. The number of fused-ring (bicyclic) bond motifs is 1. The highest BCUT2D eigenvalue weighted by atomic mass is 16.6. The number of rotatable bonds is 5. The van der Waals surface area contributed by atoms with Crippen LogP contribution in [0.3, 0.4) is 0 Å². The normalized spacial score (nSPS) is 19.5. The Labute approximate surface area is 177 Å². The Bertz CT molecular complexity index is 1110. The smallest absolute Gasteiger partial charge is 0.295 e. The lowest BCUT2D eigenvalue weighted by atomic mass is 9.94. The van der Waals surface area contributed by atoms with Crippen LogP contribution >= 0.6 is 0 Å². The van der Waals surface area contributed by atoms with Gasteiger partial charge < -0.3 is 19.5 Å². The molecule has 0 aliphatic carbocycles. The van der Waals surface area contributed by atoms with Gasteiger partial charge in [0.25, 0.3) is 17.4 Å². The van der Waals surface area contributed by atoms with E-state index >= 15 is 0 Å². The van der Waals surface area contributed by atoms with Crippen LogP contribution in [0.5, 0.6) is 11.5 Å². The van der Waals surface area contributed by atoms with Gasteiger partial charge >= 0.3 is 0 Å². The Hall–Kier alpha value is -3.88. The van der Waals surface area contributed by atoms with Gasteiger partial charge in [-0.3, -0.25) is 19.7 Å². The van der Waals surface area contributed by atoms with E-state index in [4.69, 9.17) is 9.47 Å². The van der Waals surface area contributed by atoms with Gasteiger partial charge in [0, 0.05) is 24.2 Å². The summed E-state index contributed by atoms with van der Waals surface area (Å²) in [5, 5.41) is 22.1. The molecule has 0 bridgehead atoms. The fraction of sp³-hybridized carbons (Fsp3) is 0.273. The predicted molar refractivity (Wildman–Crippen MR) is 110 cm³/mol. The number of hydrogen-bond acceptors (Lipinski definition) is 7. The van der Waals surface area contributed by atoms with Crippen LogP contribution < -0.4 is 9.47 Å². The number of benzene rings is 2. The van der Waals surface area contributed by atoms with Gasteiger partial charge in [-0.15, -0.1) is 0 Å². The van der Waals surface area contributed by atoms with Crippen molar-refractivity contribution >= 4 is 23.1 Å². The molecule has 1 amide bonds. The molecular formula is C22H20N2O7. The number of carbonyl (C=O) groups is 2. The molecule has 31 heavy (non-hydrogen) atoms. The van der Waals surface area contributed by atoms with E-state index in [1.807, 2.05) is 6.92 Å². The Kier molecular flexibility index (Phi) is 5.33. The zero-order valence-electron chi connectivity index (χ0n) is 16.7. The van der Waals surface area contributed by atoms with E-state index in [2.05, 4.69) is 0 Å². The maximum absolute atomic E-state index is 12.9. The van der Waals surface area contributed by atoms with Crippen molar-refractivity contribution in [2.75, 3.05) is 19.8 Å². The lowest BCUT2D eigenvalue weighted by molar-refractivity contribution is -0.384. The molecule has 0 saturated carbocycles. The average molecular weight is 424 g/mol. The van der Waals surface area contributed by atoms with Gasteiger partial charge in [-0.25, -0.2) is 0 Å². The summed E-state index contributed by atoms with van der Waals surface area (Å²) in [4.78, 5) is 37.6. The van der Waals surface area contributed by atoms with Crippen LogP contribution in [0.1, 0.15) is 30.5 Å². The summed E-state index contributed by atoms with van der Waals surface area (Å²) >= 11 is 0. The molecule has 0 aromatic heterocycles. The molecule has 2 aromatic carbocycles. The number of nitrogens with zero attached hydrogens (tertiary/aromatic N) is 2. The van der Waals surface area contributed by atoms with Gasteiger partial charge in [0.15, 0.2) is 11.5 Å². The largest absolute Gasteiger partial charge is 0.507 e. The molecule has 1 fully saturated rings. The predicted octanol–water partition coefficient (Wildman–Crippen LogP) is 3.20. The number of likely N-dealkylation sites (tertiary alicyclic amines) is 1. The van der Waals surface area contributed by atoms with Crippen LogP contribution in [0.2, 0.25) is 0 Å². The summed E-state index contributed by atoms with van der Waals surface area (Å²) in [6.07, 6.45) is 0.602. The number of ether oxygens (including phenoxy) is 2.